The van der Waals surface area contributed by atoms with E-state index in [1.807, 2.05) is 4.68 Å². The second kappa shape index (κ2) is 6.43. The Morgan fingerprint density at radius 3 is 2.62 bits per heavy atom. The van der Waals surface area contributed by atoms with Crippen LogP contribution in [0, 0.1) is 5.92 Å². The predicted octanol–water partition coefficient (Wildman–Crippen LogP) is 2.76. The van der Waals surface area contributed by atoms with Gasteiger partial charge in [-0.2, -0.15) is 5.10 Å². The van der Waals surface area contributed by atoms with Crippen LogP contribution < -0.4 is 5.32 Å². The summed E-state index contributed by atoms with van der Waals surface area (Å²) in [5.74, 6) is -0.485. The number of carboxylic acid groups (broad SMARTS) is 1. The minimum atomic E-state index is -1.10. The standard InChI is InChI=1S/C17H20N4O3/c1-10(2)9-21-15(11-3-4-11)13(8-19-21)16(22)20-12-5-6-14(17(23)24)18-7-12/h5-8,10-11H,3-4,9H2,1-2H3,(H,20,22)(H,23,24). The molecule has 24 heavy (non-hydrogen) atoms. The second-order valence-corrected chi connectivity index (χ2v) is 6.49. The lowest BCUT2D eigenvalue weighted by Crippen LogP contribution is -2.16. The molecule has 1 aliphatic rings. The summed E-state index contributed by atoms with van der Waals surface area (Å²) in [5.41, 5.74) is 1.98. The van der Waals surface area contributed by atoms with Crippen LogP contribution in [0.25, 0.3) is 0 Å². The van der Waals surface area contributed by atoms with Crippen molar-refractivity contribution in [2.75, 3.05) is 5.32 Å². The molecule has 1 fully saturated rings. The molecule has 1 saturated carbocycles. The molecule has 1 amide bonds. The Morgan fingerprint density at radius 1 is 1.33 bits per heavy atom. The van der Waals surface area contributed by atoms with Gasteiger partial charge in [-0.05, 0) is 30.9 Å². The van der Waals surface area contributed by atoms with E-state index in [2.05, 4.69) is 29.2 Å². The highest BCUT2D eigenvalue weighted by molar-refractivity contribution is 6.05. The molecular weight excluding hydrogens is 308 g/mol. The summed E-state index contributed by atoms with van der Waals surface area (Å²) in [6.45, 7) is 5.02. The smallest absolute Gasteiger partial charge is 0.354 e. The Hall–Kier alpha value is -2.70. The topological polar surface area (TPSA) is 97.1 Å². The number of hydrogen-bond donors (Lipinski definition) is 2. The van der Waals surface area contributed by atoms with E-state index in [0.717, 1.165) is 25.1 Å². The van der Waals surface area contributed by atoms with Gasteiger partial charge in [0.1, 0.15) is 5.69 Å². The second-order valence-electron chi connectivity index (χ2n) is 6.49. The van der Waals surface area contributed by atoms with Gasteiger partial charge in [-0.25, -0.2) is 9.78 Å². The maximum absolute atomic E-state index is 12.6. The highest BCUT2D eigenvalue weighted by Crippen LogP contribution is 2.42. The molecule has 0 unspecified atom stereocenters. The summed E-state index contributed by atoms with van der Waals surface area (Å²) in [4.78, 5) is 27.2. The molecule has 2 N–H and O–H groups in total. The third kappa shape index (κ3) is 3.45. The first kappa shape index (κ1) is 16.2. The molecule has 2 aromatic heterocycles. The van der Waals surface area contributed by atoms with E-state index in [1.54, 1.807) is 6.20 Å². The van der Waals surface area contributed by atoms with E-state index in [0.29, 0.717) is 23.1 Å². The third-order valence-corrected chi connectivity index (χ3v) is 3.87. The molecule has 0 aliphatic heterocycles. The zero-order valence-electron chi connectivity index (χ0n) is 13.7. The SMILES string of the molecule is CC(C)Cn1ncc(C(=O)Nc2ccc(C(=O)O)nc2)c1C1CC1. The molecule has 2 heterocycles. The number of amides is 1. The minimum Gasteiger partial charge on any atom is -0.477 e. The van der Waals surface area contributed by atoms with Crippen molar-refractivity contribution < 1.29 is 14.7 Å². The number of hydrogen-bond acceptors (Lipinski definition) is 4. The van der Waals surface area contributed by atoms with Gasteiger partial charge < -0.3 is 10.4 Å². The minimum absolute atomic E-state index is 0.0589. The number of pyridine rings is 1. The van der Waals surface area contributed by atoms with Crippen LogP contribution in [0.1, 0.15) is 59.1 Å². The Balaban J connectivity index is 1.79. The van der Waals surface area contributed by atoms with Crippen molar-refractivity contribution >= 4 is 17.6 Å². The van der Waals surface area contributed by atoms with Crippen LogP contribution in [-0.2, 0) is 6.54 Å². The number of nitrogens with zero attached hydrogens (tertiary/aromatic N) is 3. The van der Waals surface area contributed by atoms with Crippen molar-refractivity contribution in [3.8, 4) is 0 Å². The average molecular weight is 328 g/mol. The fourth-order valence-corrected chi connectivity index (χ4v) is 2.64. The van der Waals surface area contributed by atoms with Gasteiger partial charge in [0.25, 0.3) is 5.91 Å². The molecule has 0 spiro atoms. The van der Waals surface area contributed by atoms with Gasteiger partial charge in [0, 0.05) is 12.5 Å². The number of rotatable bonds is 6. The fraction of sp³-hybridized carbons (Fsp3) is 0.412. The average Bonchev–Trinajstić information content (AvgIpc) is 3.28. The molecular formula is C17H20N4O3. The van der Waals surface area contributed by atoms with Crippen molar-refractivity contribution in [2.45, 2.75) is 39.2 Å². The molecule has 2 aromatic rings. The zero-order chi connectivity index (χ0) is 17.3. The molecule has 1 aliphatic carbocycles. The lowest BCUT2D eigenvalue weighted by molar-refractivity contribution is 0.0690. The molecule has 0 saturated heterocycles. The van der Waals surface area contributed by atoms with Gasteiger partial charge in [0.2, 0.25) is 0 Å². The van der Waals surface area contributed by atoms with Gasteiger partial charge in [0.15, 0.2) is 0 Å². The number of aromatic carboxylic acids is 1. The van der Waals surface area contributed by atoms with Crippen molar-refractivity contribution in [3.05, 3.63) is 41.5 Å². The molecule has 0 atom stereocenters. The number of nitrogens with one attached hydrogen (secondary N) is 1. The predicted molar refractivity (Wildman–Crippen MR) is 88.2 cm³/mol. The van der Waals surface area contributed by atoms with Crippen LogP contribution in [0.5, 0.6) is 0 Å². The highest BCUT2D eigenvalue weighted by Gasteiger charge is 2.32. The van der Waals surface area contributed by atoms with E-state index < -0.39 is 5.97 Å². The van der Waals surface area contributed by atoms with E-state index in [4.69, 9.17) is 5.11 Å². The van der Waals surface area contributed by atoms with E-state index in [-0.39, 0.29) is 11.6 Å². The summed E-state index contributed by atoms with van der Waals surface area (Å²) < 4.78 is 1.93. The van der Waals surface area contributed by atoms with E-state index in [9.17, 15) is 9.59 Å². The van der Waals surface area contributed by atoms with Crippen molar-refractivity contribution in [1.82, 2.24) is 14.8 Å². The number of carboxylic acids is 1. The lowest BCUT2D eigenvalue weighted by atomic mass is 10.1. The maximum atomic E-state index is 12.6. The summed E-state index contributed by atoms with van der Waals surface area (Å²) in [6, 6.07) is 2.89. The fourth-order valence-electron chi connectivity index (χ4n) is 2.64. The summed E-state index contributed by atoms with van der Waals surface area (Å²) in [7, 11) is 0. The van der Waals surface area contributed by atoms with Gasteiger partial charge in [-0.1, -0.05) is 13.8 Å². The normalized spacial score (nSPS) is 14.0. The number of aromatic nitrogens is 3. The third-order valence-electron chi connectivity index (χ3n) is 3.87. The molecule has 3 rings (SSSR count). The van der Waals surface area contributed by atoms with Gasteiger partial charge in [-0.3, -0.25) is 9.48 Å². The Kier molecular flexibility index (Phi) is 4.33. The Labute approximate surface area is 139 Å². The summed E-state index contributed by atoms with van der Waals surface area (Å²) in [5, 5.41) is 16.0. The largest absolute Gasteiger partial charge is 0.477 e. The zero-order valence-corrected chi connectivity index (χ0v) is 13.7. The van der Waals surface area contributed by atoms with Crippen LogP contribution >= 0.6 is 0 Å². The van der Waals surface area contributed by atoms with Crippen LogP contribution in [0.4, 0.5) is 5.69 Å². The van der Waals surface area contributed by atoms with Gasteiger partial charge in [0.05, 0.1) is 29.3 Å². The summed E-state index contributed by atoms with van der Waals surface area (Å²) >= 11 is 0. The van der Waals surface area contributed by atoms with Gasteiger partial charge in [-0.15, -0.1) is 0 Å². The first-order chi connectivity index (χ1) is 11.5. The van der Waals surface area contributed by atoms with Crippen LogP contribution in [0.2, 0.25) is 0 Å². The van der Waals surface area contributed by atoms with Crippen molar-refractivity contribution in [1.29, 1.82) is 0 Å². The first-order valence-corrected chi connectivity index (χ1v) is 8.02. The monoisotopic (exact) mass is 328 g/mol. The quantitative estimate of drug-likeness (QED) is 0.850. The molecule has 7 nitrogen and oxygen atoms in total. The van der Waals surface area contributed by atoms with E-state index in [1.165, 1.54) is 18.3 Å². The molecule has 7 heteroatoms. The maximum Gasteiger partial charge on any atom is 0.354 e. The van der Waals surface area contributed by atoms with E-state index >= 15 is 0 Å². The molecule has 126 valence electrons. The lowest BCUT2D eigenvalue weighted by Gasteiger charge is -2.11. The molecule has 0 radical (unpaired) electrons. The van der Waals surface area contributed by atoms with Crippen LogP contribution in [-0.4, -0.2) is 31.7 Å². The summed E-state index contributed by atoms with van der Waals surface area (Å²) in [6.07, 6.45) is 5.12. The highest BCUT2D eigenvalue weighted by atomic mass is 16.4. The number of anilines is 1. The first-order valence-electron chi connectivity index (χ1n) is 8.02. The Bertz CT molecular complexity index is 761. The van der Waals surface area contributed by atoms with Crippen LogP contribution in [0.15, 0.2) is 24.5 Å². The van der Waals surface area contributed by atoms with Crippen LogP contribution in [0.3, 0.4) is 0 Å². The van der Waals surface area contributed by atoms with Crippen molar-refractivity contribution in [3.63, 3.8) is 0 Å². The van der Waals surface area contributed by atoms with Crippen molar-refractivity contribution in [2.24, 2.45) is 5.92 Å². The van der Waals surface area contributed by atoms with Gasteiger partial charge >= 0.3 is 5.97 Å². The molecule has 0 aromatic carbocycles. The number of carbonyl (C=O) groups excluding carboxylic acids is 1. The number of carbonyl (C=O) groups is 2. The molecule has 0 bridgehead atoms. The Morgan fingerprint density at radius 2 is 2.08 bits per heavy atom.